The summed E-state index contributed by atoms with van der Waals surface area (Å²) < 4.78 is 36.6. The van der Waals surface area contributed by atoms with Crippen molar-refractivity contribution in [3.8, 4) is 17.2 Å². The van der Waals surface area contributed by atoms with E-state index in [0.29, 0.717) is 73.2 Å². The Morgan fingerprint density at radius 1 is 0.947 bits per heavy atom. The molecule has 3 aromatic carbocycles. The molecule has 4 aliphatic heterocycles. The molecule has 57 heavy (non-hydrogen) atoms. The number of anilines is 1. The monoisotopic (exact) mass is 779 g/mol. The van der Waals surface area contributed by atoms with Crippen LogP contribution in [0.1, 0.15) is 48.9 Å². The zero-order valence-corrected chi connectivity index (χ0v) is 32.4. The highest BCUT2D eigenvalue weighted by atomic mass is 19.1. The number of morpholine rings is 1. The van der Waals surface area contributed by atoms with E-state index in [1.807, 2.05) is 41.3 Å². The number of halogens is 1. The van der Waals surface area contributed by atoms with Gasteiger partial charge >= 0.3 is 0 Å². The summed E-state index contributed by atoms with van der Waals surface area (Å²) in [6.45, 7) is 8.24. The number of hydrogen-bond donors (Lipinski definition) is 3. The van der Waals surface area contributed by atoms with Crippen molar-refractivity contribution in [3.05, 3.63) is 70.3 Å². The second-order valence-electron chi connectivity index (χ2n) is 15.8. The van der Waals surface area contributed by atoms with Crippen LogP contribution in [0, 0.1) is 5.82 Å². The third kappa shape index (κ3) is 7.47. The molecule has 300 valence electrons. The van der Waals surface area contributed by atoms with Crippen molar-refractivity contribution in [2.75, 3.05) is 84.1 Å². The standard InChI is InChI=1S/C43H50FN7O6/c1-48-15-4-6-28(48)9-14-46-43(54)32-26-51-34-24-36-30(29-7-2-3-8-35(29)56-36)23-37(34)57-42-39(51)31(41(32)53)22-33(44)40(42)50-17-11-27(25-50)47-38(52)10-13-45-12-5-16-49-18-20-55-21-19-49/h2-3,7-8,22-24,26-28,45H,4-6,9-21,25H2,1H3,(H,46,54)(H,47,52)/t27-,28?/m1/s1. The van der Waals surface area contributed by atoms with Gasteiger partial charge in [0.05, 0.1) is 24.3 Å². The van der Waals surface area contributed by atoms with Gasteiger partial charge in [-0.25, -0.2) is 4.39 Å². The highest BCUT2D eigenvalue weighted by Crippen LogP contribution is 2.49. The molecule has 3 fully saturated rings. The third-order valence-electron chi connectivity index (χ3n) is 12.1. The average molecular weight is 780 g/mol. The number of hydrogen-bond acceptors (Lipinski definition) is 10. The van der Waals surface area contributed by atoms with Gasteiger partial charge in [0.2, 0.25) is 11.3 Å². The molecule has 2 amide bonds. The molecular formula is C43H50FN7O6. The summed E-state index contributed by atoms with van der Waals surface area (Å²) in [4.78, 5) is 47.3. The van der Waals surface area contributed by atoms with Gasteiger partial charge < -0.3 is 44.2 Å². The molecule has 5 aromatic rings. The van der Waals surface area contributed by atoms with Crippen LogP contribution in [0.5, 0.6) is 11.5 Å². The normalized spacial score (nSPS) is 19.7. The molecule has 2 atom stereocenters. The number of pyridine rings is 1. The largest absolute Gasteiger partial charge is 0.456 e. The molecule has 4 aliphatic rings. The van der Waals surface area contributed by atoms with Crippen molar-refractivity contribution >= 4 is 50.3 Å². The van der Waals surface area contributed by atoms with Crippen LogP contribution in [0.3, 0.4) is 0 Å². The van der Waals surface area contributed by atoms with Crippen molar-refractivity contribution in [1.82, 2.24) is 30.3 Å². The van der Waals surface area contributed by atoms with Crippen LogP contribution in [0.4, 0.5) is 10.1 Å². The number of carbonyl (C=O) groups excluding carboxylic acids is 2. The molecule has 0 aliphatic carbocycles. The van der Waals surface area contributed by atoms with E-state index in [2.05, 4.69) is 32.8 Å². The van der Waals surface area contributed by atoms with Crippen LogP contribution in [0.15, 0.2) is 57.9 Å². The van der Waals surface area contributed by atoms with Gasteiger partial charge in [-0.3, -0.25) is 19.3 Å². The number of likely N-dealkylation sites (tertiary alicyclic amines) is 1. The average Bonchev–Trinajstić information content (AvgIpc) is 3.95. The summed E-state index contributed by atoms with van der Waals surface area (Å²) >= 11 is 0. The lowest BCUT2D eigenvalue weighted by molar-refractivity contribution is -0.121. The number of amides is 2. The number of benzene rings is 3. The van der Waals surface area contributed by atoms with Crippen molar-refractivity contribution in [2.45, 2.75) is 50.6 Å². The fraction of sp³-hybridized carbons (Fsp3) is 0.465. The Balaban J connectivity index is 0.968. The van der Waals surface area contributed by atoms with E-state index in [9.17, 15) is 14.4 Å². The lowest BCUT2D eigenvalue weighted by Crippen LogP contribution is -2.39. The molecule has 9 rings (SSSR count). The number of nitrogens with zero attached hydrogens (tertiary/aromatic N) is 4. The summed E-state index contributed by atoms with van der Waals surface area (Å²) in [7, 11) is 2.09. The fourth-order valence-corrected chi connectivity index (χ4v) is 9.03. The van der Waals surface area contributed by atoms with Crippen molar-refractivity contribution in [1.29, 1.82) is 0 Å². The first kappa shape index (κ1) is 37.6. The SMILES string of the molecule is CN1CCCC1CCNC(=O)c1cn2c3c(c(N4CC[C@@H](NC(=O)CCNCCCN5CCOCC5)C4)c(F)cc3c1=O)Oc1cc3c(cc1-2)oc1ccccc13. The molecule has 13 nitrogen and oxygen atoms in total. The number of fused-ring (bicyclic) bond motifs is 5. The van der Waals surface area contributed by atoms with E-state index in [4.69, 9.17) is 13.9 Å². The third-order valence-corrected chi connectivity index (χ3v) is 12.1. The minimum atomic E-state index is -0.630. The first-order valence-electron chi connectivity index (χ1n) is 20.4. The second-order valence-corrected chi connectivity index (χ2v) is 15.8. The molecule has 0 bridgehead atoms. The van der Waals surface area contributed by atoms with Gasteiger partial charge in [-0.1, -0.05) is 18.2 Å². The number of rotatable bonds is 13. The molecule has 0 saturated carbocycles. The lowest BCUT2D eigenvalue weighted by Gasteiger charge is -2.29. The summed E-state index contributed by atoms with van der Waals surface area (Å²) in [6, 6.07) is 12.9. The lowest BCUT2D eigenvalue weighted by atomic mass is 10.0. The summed E-state index contributed by atoms with van der Waals surface area (Å²) in [6.07, 6.45) is 6.50. The Bertz CT molecular complexity index is 2390. The van der Waals surface area contributed by atoms with Gasteiger partial charge in [-0.05, 0) is 77.0 Å². The molecule has 3 saturated heterocycles. The van der Waals surface area contributed by atoms with Crippen LogP contribution < -0.4 is 31.0 Å². The molecule has 0 radical (unpaired) electrons. The number of furan rings is 1. The molecular weight excluding hydrogens is 730 g/mol. The number of para-hydroxylation sites is 1. The summed E-state index contributed by atoms with van der Waals surface area (Å²) in [5, 5.41) is 11.3. The molecule has 2 aromatic heterocycles. The zero-order valence-electron chi connectivity index (χ0n) is 32.4. The van der Waals surface area contributed by atoms with Crippen LogP contribution in [0.2, 0.25) is 0 Å². The van der Waals surface area contributed by atoms with Gasteiger partial charge in [0.1, 0.15) is 27.9 Å². The van der Waals surface area contributed by atoms with Crippen molar-refractivity contribution in [2.24, 2.45) is 0 Å². The highest BCUT2D eigenvalue weighted by Gasteiger charge is 2.34. The van der Waals surface area contributed by atoms with Crippen molar-refractivity contribution in [3.63, 3.8) is 0 Å². The number of nitrogens with one attached hydrogen (secondary N) is 3. The molecule has 3 N–H and O–H groups in total. The first-order valence-corrected chi connectivity index (χ1v) is 20.4. The van der Waals surface area contributed by atoms with Gasteiger partial charge in [0.25, 0.3) is 5.91 Å². The van der Waals surface area contributed by atoms with Gasteiger partial charge in [-0.15, -0.1) is 0 Å². The number of aromatic nitrogens is 1. The molecule has 14 heteroatoms. The number of ether oxygens (including phenoxy) is 2. The van der Waals surface area contributed by atoms with Gasteiger partial charge in [0.15, 0.2) is 17.3 Å². The molecule has 1 unspecified atom stereocenters. The van der Waals surface area contributed by atoms with Crippen molar-refractivity contribution < 1.29 is 27.9 Å². The molecule has 6 heterocycles. The molecule has 0 spiro atoms. The maximum atomic E-state index is 16.6. The van der Waals surface area contributed by atoms with Crippen LogP contribution in [-0.2, 0) is 9.53 Å². The van der Waals surface area contributed by atoms with E-state index in [0.717, 1.165) is 82.4 Å². The number of carbonyl (C=O) groups is 2. The zero-order chi connectivity index (χ0) is 39.0. The fourth-order valence-electron chi connectivity index (χ4n) is 9.03. The maximum Gasteiger partial charge on any atom is 0.256 e. The van der Waals surface area contributed by atoms with E-state index in [-0.39, 0.29) is 34.3 Å². The minimum Gasteiger partial charge on any atom is -0.456 e. The van der Waals surface area contributed by atoms with Gasteiger partial charge in [-0.2, -0.15) is 0 Å². The van der Waals surface area contributed by atoms with Gasteiger partial charge in [0, 0.05) is 80.8 Å². The topological polar surface area (TPSA) is 134 Å². The van der Waals surface area contributed by atoms with Crippen LogP contribution >= 0.6 is 0 Å². The van der Waals surface area contributed by atoms with E-state index >= 15 is 4.39 Å². The van der Waals surface area contributed by atoms with Crippen LogP contribution in [-0.4, -0.2) is 117 Å². The smallest absolute Gasteiger partial charge is 0.256 e. The quantitative estimate of drug-likeness (QED) is 0.141. The summed E-state index contributed by atoms with van der Waals surface area (Å²) in [5.41, 5.74) is 1.84. The minimum absolute atomic E-state index is 0.0475. The summed E-state index contributed by atoms with van der Waals surface area (Å²) in [5.74, 6) is -0.549. The Labute approximate surface area is 330 Å². The van der Waals surface area contributed by atoms with E-state index in [1.165, 1.54) is 6.07 Å². The Morgan fingerprint density at radius 3 is 2.65 bits per heavy atom. The highest BCUT2D eigenvalue weighted by molar-refractivity contribution is 6.07. The predicted octanol–water partition coefficient (Wildman–Crippen LogP) is 4.75. The van der Waals surface area contributed by atoms with E-state index in [1.54, 1.807) is 10.8 Å². The second kappa shape index (κ2) is 16.1. The Hall–Kier alpha value is -5.02. The Kier molecular flexibility index (Phi) is 10.6. The van der Waals surface area contributed by atoms with Crippen LogP contribution in [0.25, 0.3) is 38.5 Å². The van der Waals surface area contributed by atoms with E-state index < -0.39 is 17.2 Å². The Morgan fingerprint density at radius 2 is 1.81 bits per heavy atom. The predicted molar refractivity (Wildman–Crippen MR) is 218 cm³/mol. The first-order chi connectivity index (χ1) is 27.8. The maximum absolute atomic E-state index is 16.6.